The minimum Gasteiger partial charge on any atom is -0.477 e. The molecule has 0 saturated carbocycles. The van der Waals surface area contributed by atoms with E-state index < -0.39 is 5.97 Å². The fourth-order valence-electron chi connectivity index (χ4n) is 2.63. The average molecular weight is 385 g/mol. The minimum absolute atomic E-state index is 0.0645. The number of halogens is 2. The predicted molar refractivity (Wildman–Crippen MR) is 99.1 cm³/mol. The molecule has 8 heteroatoms. The molecule has 0 amide bonds. The van der Waals surface area contributed by atoms with Crippen LogP contribution in [0, 0.1) is 0 Å². The monoisotopic (exact) mass is 384 g/mol. The number of hydrogen-bond acceptors (Lipinski definition) is 4. The Hall–Kier alpha value is -2.96. The number of nitrogens with zero attached hydrogens (tertiary/aromatic N) is 4. The molecule has 4 aromatic rings. The number of carboxylic acid groups (broad SMARTS) is 1. The summed E-state index contributed by atoms with van der Waals surface area (Å²) in [5.41, 5.74) is 2.41. The van der Waals surface area contributed by atoms with E-state index in [1.165, 1.54) is 10.7 Å². The Bertz CT molecular complexity index is 1160. The van der Waals surface area contributed by atoms with Gasteiger partial charge in [0.05, 0.1) is 27.4 Å². The van der Waals surface area contributed by atoms with E-state index in [9.17, 15) is 9.90 Å². The molecule has 0 fully saturated rings. The van der Waals surface area contributed by atoms with E-state index in [2.05, 4.69) is 15.3 Å². The lowest BCUT2D eigenvalue weighted by Crippen LogP contribution is -2.05. The minimum atomic E-state index is -1.11. The van der Waals surface area contributed by atoms with E-state index in [1.54, 1.807) is 36.5 Å². The second kappa shape index (κ2) is 6.40. The maximum atomic E-state index is 11.4. The molecule has 0 radical (unpaired) electrons. The molecule has 0 aliphatic rings. The molecule has 0 bridgehead atoms. The van der Waals surface area contributed by atoms with Crippen molar-refractivity contribution in [2.75, 3.05) is 0 Å². The lowest BCUT2D eigenvalue weighted by atomic mass is 10.1. The Balaban J connectivity index is 1.87. The van der Waals surface area contributed by atoms with Gasteiger partial charge >= 0.3 is 5.97 Å². The first-order valence-electron chi connectivity index (χ1n) is 7.54. The molecule has 0 atom stereocenters. The zero-order valence-electron chi connectivity index (χ0n) is 13.1. The van der Waals surface area contributed by atoms with Gasteiger partial charge in [-0.05, 0) is 24.3 Å². The van der Waals surface area contributed by atoms with Gasteiger partial charge < -0.3 is 5.11 Å². The van der Waals surface area contributed by atoms with Crippen LogP contribution in [0.3, 0.4) is 0 Å². The molecule has 0 aliphatic heterocycles. The number of carbonyl (C=O) groups is 1. The third-order valence-electron chi connectivity index (χ3n) is 3.87. The van der Waals surface area contributed by atoms with Crippen LogP contribution in [0.15, 0.2) is 54.7 Å². The van der Waals surface area contributed by atoms with Gasteiger partial charge in [0.15, 0.2) is 5.69 Å². The zero-order valence-corrected chi connectivity index (χ0v) is 14.6. The van der Waals surface area contributed by atoms with E-state index in [0.29, 0.717) is 26.9 Å². The van der Waals surface area contributed by atoms with Crippen molar-refractivity contribution in [3.63, 3.8) is 0 Å². The summed E-state index contributed by atoms with van der Waals surface area (Å²) in [4.78, 5) is 15.5. The molecule has 1 N–H and O–H groups in total. The Labute approximate surface area is 157 Å². The molecule has 0 spiro atoms. The summed E-state index contributed by atoms with van der Waals surface area (Å²) in [5.74, 6) is -1.11. The zero-order chi connectivity index (χ0) is 18.3. The first-order valence-corrected chi connectivity index (χ1v) is 8.30. The third kappa shape index (κ3) is 2.89. The second-order valence-corrected chi connectivity index (χ2v) is 6.34. The predicted octanol–water partition coefficient (Wildman–Crippen LogP) is 4.49. The summed E-state index contributed by atoms with van der Waals surface area (Å²) in [7, 11) is 0. The van der Waals surface area contributed by atoms with E-state index in [1.807, 2.05) is 12.1 Å². The highest BCUT2D eigenvalue weighted by Gasteiger charge is 2.14. The number of aromatic nitrogens is 4. The molecule has 26 heavy (non-hydrogen) atoms. The van der Waals surface area contributed by atoms with Crippen LogP contribution in [-0.4, -0.2) is 31.1 Å². The SMILES string of the molecule is O=C(O)c1cc(-n2cc(-c3ccc(Cl)c(Cl)c3)nn2)c2ccccc2n1. The number of aromatic carboxylic acids is 1. The molecule has 0 saturated heterocycles. The number of carboxylic acids is 1. The fourth-order valence-corrected chi connectivity index (χ4v) is 2.92. The van der Waals surface area contributed by atoms with Gasteiger partial charge in [-0.15, -0.1) is 5.10 Å². The van der Waals surface area contributed by atoms with Crippen LogP contribution in [-0.2, 0) is 0 Å². The Morgan fingerprint density at radius 1 is 1.04 bits per heavy atom. The summed E-state index contributed by atoms with van der Waals surface area (Å²) in [6.07, 6.45) is 1.70. The fraction of sp³-hybridized carbons (Fsp3) is 0. The highest BCUT2D eigenvalue weighted by atomic mass is 35.5. The number of para-hydroxylation sites is 1. The van der Waals surface area contributed by atoms with Gasteiger partial charge in [0.2, 0.25) is 0 Å². The highest BCUT2D eigenvalue weighted by Crippen LogP contribution is 2.28. The second-order valence-electron chi connectivity index (χ2n) is 5.53. The number of hydrogen-bond donors (Lipinski definition) is 1. The van der Waals surface area contributed by atoms with Gasteiger partial charge in [-0.1, -0.05) is 52.7 Å². The molecular weight excluding hydrogens is 375 g/mol. The summed E-state index contributed by atoms with van der Waals surface area (Å²) < 4.78 is 1.52. The van der Waals surface area contributed by atoms with Gasteiger partial charge in [-0.25, -0.2) is 14.5 Å². The highest BCUT2D eigenvalue weighted by molar-refractivity contribution is 6.42. The Morgan fingerprint density at radius 2 is 1.85 bits per heavy atom. The number of benzene rings is 2. The Kier molecular flexibility index (Phi) is 4.06. The standard InChI is InChI=1S/C18H10Cl2N4O2/c19-12-6-5-10(7-13(12)20)16-9-24(23-22-16)17-8-15(18(25)26)21-14-4-2-1-3-11(14)17/h1-9H,(H,25,26). The third-order valence-corrected chi connectivity index (χ3v) is 4.61. The van der Waals surface area contributed by atoms with Crippen LogP contribution in [0.4, 0.5) is 0 Å². The van der Waals surface area contributed by atoms with Crippen LogP contribution in [0.2, 0.25) is 10.0 Å². The molecule has 2 heterocycles. The lowest BCUT2D eigenvalue weighted by molar-refractivity contribution is 0.0691. The maximum Gasteiger partial charge on any atom is 0.354 e. The summed E-state index contributed by atoms with van der Waals surface area (Å²) in [6.45, 7) is 0. The van der Waals surface area contributed by atoms with Gasteiger partial charge in [-0.3, -0.25) is 0 Å². The van der Waals surface area contributed by atoms with E-state index in [-0.39, 0.29) is 5.69 Å². The van der Waals surface area contributed by atoms with Crippen molar-refractivity contribution in [1.29, 1.82) is 0 Å². The number of rotatable bonds is 3. The summed E-state index contributed by atoms with van der Waals surface area (Å²) >= 11 is 12.0. The van der Waals surface area contributed by atoms with Gasteiger partial charge in [0.1, 0.15) is 5.69 Å². The molecule has 0 unspecified atom stereocenters. The van der Waals surface area contributed by atoms with Gasteiger partial charge in [-0.2, -0.15) is 0 Å². The van der Waals surface area contributed by atoms with E-state index in [0.717, 1.165) is 10.9 Å². The largest absolute Gasteiger partial charge is 0.477 e. The van der Waals surface area contributed by atoms with Crippen LogP contribution in [0.5, 0.6) is 0 Å². The van der Waals surface area contributed by atoms with Crippen molar-refractivity contribution in [3.8, 4) is 16.9 Å². The Morgan fingerprint density at radius 3 is 2.62 bits per heavy atom. The van der Waals surface area contributed by atoms with Crippen molar-refractivity contribution < 1.29 is 9.90 Å². The van der Waals surface area contributed by atoms with Crippen molar-refractivity contribution in [3.05, 3.63) is 70.5 Å². The summed E-state index contributed by atoms with van der Waals surface area (Å²) in [6, 6.07) is 13.9. The van der Waals surface area contributed by atoms with Crippen LogP contribution >= 0.6 is 23.2 Å². The molecule has 6 nitrogen and oxygen atoms in total. The average Bonchev–Trinajstić information content (AvgIpc) is 3.13. The maximum absolute atomic E-state index is 11.4. The number of pyridine rings is 1. The van der Waals surface area contributed by atoms with Gasteiger partial charge in [0, 0.05) is 10.9 Å². The molecule has 2 aromatic heterocycles. The quantitative estimate of drug-likeness (QED) is 0.562. The molecule has 128 valence electrons. The lowest BCUT2D eigenvalue weighted by Gasteiger charge is -2.07. The van der Waals surface area contributed by atoms with E-state index >= 15 is 0 Å². The molecule has 0 aliphatic carbocycles. The molecule has 2 aromatic carbocycles. The normalized spacial score (nSPS) is 11.0. The first-order chi connectivity index (χ1) is 12.5. The first kappa shape index (κ1) is 16.5. The number of fused-ring (bicyclic) bond motifs is 1. The van der Waals surface area contributed by atoms with Crippen molar-refractivity contribution in [1.82, 2.24) is 20.0 Å². The van der Waals surface area contributed by atoms with Crippen LogP contribution in [0.1, 0.15) is 10.5 Å². The van der Waals surface area contributed by atoms with Gasteiger partial charge in [0.25, 0.3) is 0 Å². The van der Waals surface area contributed by atoms with Crippen molar-refractivity contribution >= 4 is 40.1 Å². The van der Waals surface area contributed by atoms with E-state index in [4.69, 9.17) is 23.2 Å². The summed E-state index contributed by atoms with van der Waals surface area (Å²) in [5, 5.41) is 19.3. The van der Waals surface area contributed by atoms with Crippen LogP contribution < -0.4 is 0 Å². The van der Waals surface area contributed by atoms with Crippen LogP contribution in [0.25, 0.3) is 27.8 Å². The topological polar surface area (TPSA) is 80.9 Å². The smallest absolute Gasteiger partial charge is 0.354 e. The molecular formula is C18H10Cl2N4O2. The van der Waals surface area contributed by atoms with Crippen molar-refractivity contribution in [2.24, 2.45) is 0 Å². The molecule has 4 rings (SSSR count). The van der Waals surface area contributed by atoms with Crippen molar-refractivity contribution in [2.45, 2.75) is 0 Å².